The molecule has 0 aliphatic heterocycles. The van der Waals surface area contributed by atoms with Gasteiger partial charge in [-0.1, -0.05) is 25.1 Å². The summed E-state index contributed by atoms with van der Waals surface area (Å²) in [6.45, 7) is 1.35. The average Bonchev–Trinajstić information content (AvgIpc) is 2.38. The van der Waals surface area contributed by atoms with Crippen LogP contribution in [0.5, 0.6) is 0 Å². The molecular weight excluding hydrogens is 280 g/mol. The molecule has 0 fully saturated rings. The molecule has 0 aliphatic carbocycles. The van der Waals surface area contributed by atoms with Gasteiger partial charge in [-0.25, -0.2) is 8.42 Å². The van der Waals surface area contributed by atoms with Gasteiger partial charge in [0, 0.05) is 6.54 Å². The van der Waals surface area contributed by atoms with E-state index < -0.39 is 22.5 Å². The van der Waals surface area contributed by atoms with Crippen LogP contribution in [-0.4, -0.2) is 36.9 Å². The summed E-state index contributed by atoms with van der Waals surface area (Å²) in [4.78, 5) is 10.7. The molecule has 7 heteroatoms. The molecule has 0 radical (unpaired) electrons. The Bertz CT molecular complexity index is 620. The Morgan fingerprint density at radius 1 is 1.40 bits per heavy atom. The number of rotatable bonds is 7. The number of aliphatic carboxylic acids is 1. The maximum Gasteiger partial charge on any atom is 0.318 e. The lowest BCUT2D eigenvalue weighted by molar-refractivity contribution is -0.137. The highest BCUT2D eigenvalue weighted by Crippen LogP contribution is 2.15. The summed E-state index contributed by atoms with van der Waals surface area (Å²) in [6.07, 6.45) is 0.520. The van der Waals surface area contributed by atoms with E-state index in [1.165, 1.54) is 6.07 Å². The third-order valence-corrected chi connectivity index (χ3v) is 4.43. The summed E-state index contributed by atoms with van der Waals surface area (Å²) >= 11 is 0. The molecule has 0 amide bonds. The first-order chi connectivity index (χ1) is 9.40. The van der Waals surface area contributed by atoms with Crippen molar-refractivity contribution in [1.82, 2.24) is 4.31 Å². The van der Waals surface area contributed by atoms with Gasteiger partial charge in [0.25, 0.3) is 0 Å². The van der Waals surface area contributed by atoms with Crippen LogP contribution in [0.3, 0.4) is 0 Å². The Balaban J connectivity index is 3.03. The number of carboxylic acid groups (broad SMARTS) is 1. The highest BCUT2D eigenvalue weighted by atomic mass is 32.2. The Labute approximate surface area is 118 Å². The van der Waals surface area contributed by atoms with E-state index in [1.54, 1.807) is 25.1 Å². The number of sulfonamides is 1. The standard InChI is InChI=1S/C13H16N2O4S/c1-2-7-15(9-13(16)17)20(18,19)10-12-6-4-3-5-11(12)8-14/h3-6H,2,7,9-10H2,1H3,(H,16,17). The van der Waals surface area contributed by atoms with E-state index in [4.69, 9.17) is 10.4 Å². The molecule has 6 nitrogen and oxygen atoms in total. The topological polar surface area (TPSA) is 98.5 Å². The van der Waals surface area contributed by atoms with Crippen LogP contribution in [0.15, 0.2) is 24.3 Å². The SMILES string of the molecule is CCCN(CC(=O)O)S(=O)(=O)Cc1ccccc1C#N. The van der Waals surface area contributed by atoms with Gasteiger partial charge in [0.15, 0.2) is 0 Å². The smallest absolute Gasteiger partial charge is 0.318 e. The molecule has 1 N–H and O–H groups in total. The number of carbonyl (C=O) groups is 1. The van der Waals surface area contributed by atoms with Gasteiger partial charge in [-0.3, -0.25) is 4.79 Å². The largest absolute Gasteiger partial charge is 0.480 e. The van der Waals surface area contributed by atoms with Gasteiger partial charge in [-0.15, -0.1) is 0 Å². The maximum atomic E-state index is 12.2. The molecule has 0 heterocycles. The van der Waals surface area contributed by atoms with E-state index in [2.05, 4.69) is 0 Å². The van der Waals surface area contributed by atoms with Crippen LogP contribution >= 0.6 is 0 Å². The monoisotopic (exact) mass is 296 g/mol. The number of hydrogen-bond acceptors (Lipinski definition) is 4. The van der Waals surface area contributed by atoms with Crippen molar-refractivity contribution < 1.29 is 18.3 Å². The van der Waals surface area contributed by atoms with E-state index in [0.717, 1.165) is 4.31 Å². The molecule has 1 rings (SSSR count). The van der Waals surface area contributed by atoms with E-state index in [0.29, 0.717) is 12.0 Å². The van der Waals surface area contributed by atoms with Gasteiger partial charge < -0.3 is 5.11 Å². The molecule has 0 aromatic heterocycles. The van der Waals surface area contributed by atoms with Gasteiger partial charge in [0.1, 0.15) is 6.54 Å². The zero-order valence-electron chi connectivity index (χ0n) is 11.1. The van der Waals surface area contributed by atoms with Crippen LogP contribution in [0.4, 0.5) is 0 Å². The molecule has 0 unspecified atom stereocenters. The first-order valence-corrected chi connectivity index (χ1v) is 7.69. The summed E-state index contributed by atoms with van der Waals surface area (Å²) in [7, 11) is -3.76. The van der Waals surface area contributed by atoms with Crippen LogP contribution in [-0.2, 0) is 20.6 Å². The molecule has 0 saturated carbocycles. The third kappa shape index (κ3) is 4.33. The second-order valence-electron chi connectivity index (χ2n) is 4.25. The van der Waals surface area contributed by atoms with Crippen LogP contribution in [0.25, 0.3) is 0 Å². The maximum absolute atomic E-state index is 12.2. The summed E-state index contributed by atoms with van der Waals surface area (Å²) in [5.74, 6) is -1.57. The summed E-state index contributed by atoms with van der Waals surface area (Å²) in [6, 6.07) is 8.32. The molecule has 0 saturated heterocycles. The van der Waals surface area contributed by atoms with E-state index in [9.17, 15) is 13.2 Å². The predicted molar refractivity (Wildman–Crippen MR) is 73.3 cm³/mol. The van der Waals surface area contributed by atoms with E-state index in [1.807, 2.05) is 6.07 Å². The van der Waals surface area contributed by atoms with Crippen molar-refractivity contribution in [3.8, 4) is 6.07 Å². The number of carboxylic acids is 1. The Hall–Kier alpha value is -1.91. The second kappa shape index (κ2) is 7.03. The van der Waals surface area contributed by atoms with Crippen LogP contribution < -0.4 is 0 Å². The lowest BCUT2D eigenvalue weighted by atomic mass is 10.1. The van der Waals surface area contributed by atoms with Gasteiger partial charge >= 0.3 is 5.97 Å². The third-order valence-electron chi connectivity index (χ3n) is 2.65. The fraction of sp³-hybridized carbons (Fsp3) is 0.385. The first-order valence-electron chi connectivity index (χ1n) is 6.08. The molecular formula is C13H16N2O4S. The zero-order valence-corrected chi connectivity index (χ0v) is 11.9. The average molecular weight is 296 g/mol. The van der Waals surface area contributed by atoms with Crippen molar-refractivity contribution in [2.45, 2.75) is 19.1 Å². The van der Waals surface area contributed by atoms with E-state index >= 15 is 0 Å². The number of benzene rings is 1. The minimum Gasteiger partial charge on any atom is -0.480 e. The molecule has 0 bridgehead atoms. The normalized spacial score (nSPS) is 11.2. The zero-order chi connectivity index (χ0) is 15.2. The highest BCUT2D eigenvalue weighted by Gasteiger charge is 2.24. The van der Waals surface area contributed by atoms with Gasteiger partial charge in [0.2, 0.25) is 10.0 Å². The predicted octanol–water partition coefficient (Wildman–Crippen LogP) is 1.18. The van der Waals surface area contributed by atoms with Crippen molar-refractivity contribution in [2.75, 3.05) is 13.1 Å². The molecule has 1 aromatic rings. The summed E-state index contributed by atoms with van der Waals surface area (Å²) < 4.78 is 25.4. The number of nitrogens with zero attached hydrogens (tertiary/aromatic N) is 2. The van der Waals surface area contributed by atoms with Crippen molar-refractivity contribution in [1.29, 1.82) is 5.26 Å². The van der Waals surface area contributed by atoms with Crippen molar-refractivity contribution in [3.05, 3.63) is 35.4 Å². The molecule has 0 aliphatic rings. The minimum absolute atomic E-state index is 0.142. The van der Waals surface area contributed by atoms with Crippen molar-refractivity contribution in [2.24, 2.45) is 0 Å². The van der Waals surface area contributed by atoms with Crippen LogP contribution in [0.2, 0.25) is 0 Å². The van der Waals surface area contributed by atoms with Crippen molar-refractivity contribution in [3.63, 3.8) is 0 Å². The fourth-order valence-electron chi connectivity index (χ4n) is 1.76. The first kappa shape index (κ1) is 16.1. The summed E-state index contributed by atoms with van der Waals surface area (Å²) in [5.41, 5.74) is 0.657. The molecule has 0 atom stereocenters. The quantitative estimate of drug-likeness (QED) is 0.814. The van der Waals surface area contributed by atoms with Gasteiger partial charge in [-0.05, 0) is 18.1 Å². The lowest BCUT2D eigenvalue weighted by Gasteiger charge is -2.19. The van der Waals surface area contributed by atoms with Gasteiger partial charge in [0.05, 0.1) is 17.4 Å². The molecule has 1 aromatic carbocycles. The van der Waals surface area contributed by atoms with Gasteiger partial charge in [-0.2, -0.15) is 9.57 Å². The molecule has 108 valence electrons. The van der Waals surface area contributed by atoms with Crippen LogP contribution in [0, 0.1) is 11.3 Å². The minimum atomic E-state index is -3.76. The van der Waals surface area contributed by atoms with Crippen molar-refractivity contribution >= 4 is 16.0 Å². The Morgan fingerprint density at radius 3 is 2.60 bits per heavy atom. The number of hydrogen-bond donors (Lipinski definition) is 1. The van der Waals surface area contributed by atoms with Crippen LogP contribution in [0.1, 0.15) is 24.5 Å². The number of nitriles is 1. The fourth-order valence-corrected chi connectivity index (χ4v) is 3.35. The Kier molecular flexibility index (Phi) is 5.67. The highest BCUT2D eigenvalue weighted by molar-refractivity contribution is 7.88. The molecule has 20 heavy (non-hydrogen) atoms. The summed E-state index contributed by atoms with van der Waals surface area (Å²) in [5, 5.41) is 17.7. The Morgan fingerprint density at radius 2 is 2.05 bits per heavy atom. The second-order valence-corrected chi connectivity index (χ2v) is 6.22. The molecule has 0 spiro atoms. The van der Waals surface area contributed by atoms with E-state index in [-0.39, 0.29) is 17.9 Å². The lowest BCUT2D eigenvalue weighted by Crippen LogP contribution is -2.37.